The Labute approximate surface area is 223 Å². The molecule has 0 spiro atoms. The topological polar surface area (TPSA) is 344 Å². The zero-order chi connectivity index (χ0) is 13.5. The predicted molar refractivity (Wildman–Crippen MR) is 53.6 cm³/mol. The van der Waals surface area contributed by atoms with Crippen LogP contribution >= 0.6 is 23.5 Å². The van der Waals surface area contributed by atoms with Crippen LogP contribution in [0.4, 0.5) is 0 Å². The molecule has 0 saturated heterocycles. The fraction of sp³-hybridized carbons (Fsp3) is 0. The van der Waals surface area contributed by atoms with Gasteiger partial charge in [-0.2, -0.15) is 23.5 Å². The van der Waals surface area contributed by atoms with Crippen LogP contribution in [0.3, 0.4) is 0 Å². The molecular weight excluding hydrogens is 907 g/mol. The fourth-order valence-electron chi connectivity index (χ4n) is 0. The summed E-state index contributed by atoms with van der Waals surface area (Å²) in [5, 5.41) is 0. The summed E-state index contributed by atoms with van der Waals surface area (Å²) in [5.74, 6) is 0. The van der Waals surface area contributed by atoms with Gasteiger partial charge in [0.1, 0.15) is 0 Å². The zero-order valence-electron chi connectivity index (χ0n) is 10.4. The predicted octanol–water partition coefficient (Wildman–Crippen LogP) is -10.7. The molecule has 0 bridgehead atoms. The molecule has 0 aliphatic heterocycles. The minimum Gasteiger partial charge on any atom is -2.00 e. The van der Waals surface area contributed by atoms with E-state index in [0.717, 1.165) is 0 Å². The van der Waals surface area contributed by atoms with Crippen molar-refractivity contribution < 1.29 is 74.2 Å². The van der Waals surface area contributed by atoms with Gasteiger partial charge in [-0.15, -0.1) is 0 Å². The van der Waals surface area contributed by atoms with Crippen LogP contribution in [0.1, 0.15) is 0 Å². The quantitative estimate of drug-likeness (QED) is 0.205. The summed E-state index contributed by atoms with van der Waals surface area (Å²) < 4.78 is 25.6. The molecule has 0 N–H and O–H groups in total. The average molecular weight is 907 g/mol. The first-order valence-electron chi connectivity index (χ1n) is 2.19. The standard InChI is InChI=1S/5In.3H3O4P.3O/c;;;;;3*1-5(2,3)4;;;/h;;;;;3*(H3,1,2,3,4);;;/q5*+3;;;;3*-2/p-9. The van der Waals surface area contributed by atoms with Gasteiger partial charge in [0.05, 0.1) is 0 Å². The molecule has 0 atom stereocenters. The van der Waals surface area contributed by atoms with Crippen molar-refractivity contribution in [3.8, 4) is 0 Å². The SMILES string of the molecule is O=P([O-])([O-])[O-].O=P([O-])([O-])[O-].O=P([O-])([O-])[O-].[In+3].[In+3].[In+3].[In+3].[In+3].[O-2].[O-2].[O-2]. The van der Waals surface area contributed by atoms with Gasteiger partial charge >= 0.3 is 129 Å². The van der Waals surface area contributed by atoms with Gasteiger partial charge in [0.25, 0.3) is 0 Å². The van der Waals surface area contributed by atoms with Gasteiger partial charge in [-0.25, -0.2) is 0 Å². The maximum atomic E-state index is 8.55. The van der Waals surface area contributed by atoms with Gasteiger partial charge in [0.15, 0.2) is 0 Å². The monoisotopic (exact) mass is 907 g/mol. The molecule has 0 amide bonds. The average Bonchev–Trinajstić information content (AvgIpc) is 1.41. The van der Waals surface area contributed by atoms with E-state index in [1.54, 1.807) is 0 Å². The summed E-state index contributed by atoms with van der Waals surface area (Å²) in [4.78, 5) is 76.9. The van der Waals surface area contributed by atoms with Crippen molar-refractivity contribution in [2.75, 3.05) is 0 Å². The summed E-state index contributed by atoms with van der Waals surface area (Å²) >= 11 is 0. The Kier molecular flexibility index (Phi) is 105. The van der Waals surface area contributed by atoms with Crippen LogP contribution in [0.15, 0.2) is 0 Å². The van der Waals surface area contributed by atoms with Gasteiger partial charge < -0.3 is 74.2 Å². The molecule has 23 heteroatoms. The van der Waals surface area contributed by atoms with Gasteiger partial charge in [-0.3, -0.25) is 0 Å². The summed E-state index contributed by atoms with van der Waals surface area (Å²) in [5.41, 5.74) is 0. The molecule has 0 aliphatic carbocycles. The maximum Gasteiger partial charge on any atom is 3.00 e. The number of rotatable bonds is 0. The molecule has 0 aromatic carbocycles. The second kappa shape index (κ2) is 34.1. The van der Waals surface area contributed by atoms with E-state index in [9.17, 15) is 0 Å². The van der Waals surface area contributed by atoms with Crippen molar-refractivity contribution in [3.05, 3.63) is 0 Å². The third kappa shape index (κ3) is 770. The van der Waals surface area contributed by atoms with Crippen molar-refractivity contribution in [1.29, 1.82) is 0 Å². The van der Waals surface area contributed by atoms with E-state index in [1.165, 1.54) is 0 Å². The van der Waals surface area contributed by atoms with Crippen molar-refractivity contribution in [3.63, 3.8) is 0 Å². The summed E-state index contributed by atoms with van der Waals surface area (Å²) in [6, 6.07) is 0. The Morgan fingerprint density at radius 3 is 0.348 bits per heavy atom. The van der Waals surface area contributed by atoms with Crippen molar-refractivity contribution >= 4 is 153 Å². The smallest absolute Gasteiger partial charge is 2.00 e. The van der Waals surface area contributed by atoms with Crippen LogP contribution in [0, 0.1) is 0 Å². The van der Waals surface area contributed by atoms with E-state index >= 15 is 0 Å². The number of hydrogen-bond acceptors (Lipinski definition) is 12. The van der Waals surface area contributed by atoms with E-state index in [-0.39, 0.29) is 146 Å². The minimum atomic E-state index is -5.39. The molecular formula is In5O15P3. The second-order valence-electron chi connectivity index (χ2n) is 1.34. The molecule has 0 aliphatic rings. The van der Waals surface area contributed by atoms with Crippen LogP contribution in [-0.2, 0) is 30.1 Å². The molecule has 0 radical (unpaired) electrons. The Hall–Kier alpha value is 4.56. The van der Waals surface area contributed by atoms with Crippen LogP contribution < -0.4 is 44.0 Å². The van der Waals surface area contributed by atoms with Gasteiger partial charge in [0.2, 0.25) is 0 Å². The second-order valence-corrected chi connectivity index (χ2v) is 4.02. The molecule has 0 fully saturated rings. The molecule has 0 rings (SSSR count). The molecule has 0 unspecified atom stereocenters. The van der Waals surface area contributed by atoms with Crippen LogP contribution in [0.2, 0.25) is 0 Å². The summed E-state index contributed by atoms with van der Waals surface area (Å²) in [6.07, 6.45) is 0. The van der Waals surface area contributed by atoms with Crippen LogP contribution in [0.5, 0.6) is 0 Å². The Bertz CT molecular complexity index is 215. The Morgan fingerprint density at radius 1 is 0.348 bits per heavy atom. The van der Waals surface area contributed by atoms with Gasteiger partial charge in [-0.1, -0.05) is 0 Å². The van der Waals surface area contributed by atoms with E-state index in [2.05, 4.69) is 0 Å². The fourth-order valence-corrected chi connectivity index (χ4v) is 0. The summed E-state index contributed by atoms with van der Waals surface area (Å²) in [6.45, 7) is 0. The molecule has 0 heterocycles. The van der Waals surface area contributed by atoms with Crippen molar-refractivity contribution in [2.24, 2.45) is 0 Å². The first-order chi connectivity index (χ1) is 6.00. The largest absolute Gasteiger partial charge is 3.00 e. The van der Waals surface area contributed by atoms with Crippen LogP contribution in [-0.4, -0.2) is 129 Å². The number of phosphoric acid groups is 3. The number of hydrogen-bond donors (Lipinski definition) is 0. The minimum absolute atomic E-state index is 0. The maximum absolute atomic E-state index is 8.55. The van der Waals surface area contributed by atoms with Crippen molar-refractivity contribution in [1.82, 2.24) is 0 Å². The molecule has 120 valence electrons. The Morgan fingerprint density at radius 2 is 0.348 bits per heavy atom. The van der Waals surface area contributed by atoms with E-state index in [4.69, 9.17) is 57.7 Å². The van der Waals surface area contributed by atoms with Crippen molar-refractivity contribution in [2.45, 2.75) is 0 Å². The van der Waals surface area contributed by atoms with E-state index in [0.29, 0.717) is 0 Å². The molecule has 23 heavy (non-hydrogen) atoms. The summed E-state index contributed by atoms with van der Waals surface area (Å²) in [7, 11) is -16.2. The molecule has 0 aromatic rings. The third-order valence-electron chi connectivity index (χ3n) is 0. The zero-order valence-corrected chi connectivity index (χ0v) is 29.5. The van der Waals surface area contributed by atoms with E-state index < -0.39 is 23.5 Å². The van der Waals surface area contributed by atoms with E-state index in [1.807, 2.05) is 0 Å². The molecule has 15 nitrogen and oxygen atoms in total. The Balaban J connectivity index is -0.00000000889. The molecule has 0 aromatic heterocycles. The van der Waals surface area contributed by atoms with Gasteiger partial charge in [-0.05, 0) is 0 Å². The third-order valence-corrected chi connectivity index (χ3v) is 0. The van der Waals surface area contributed by atoms with Gasteiger partial charge in [0, 0.05) is 0 Å². The first kappa shape index (κ1) is 70.9. The van der Waals surface area contributed by atoms with Crippen LogP contribution in [0.25, 0.3) is 0 Å². The molecule has 0 saturated carbocycles. The first-order valence-corrected chi connectivity index (χ1v) is 6.57. The normalized spacial score (nSPS) is 7.70.